The minimum Gasteiger partial charge on any atom is -0.0656 e. The van der Waals surface area contributed by atoms with Gasteiger partial charge in [0.2, 0.25) is 0 Å². The van der Waals surface area contributed by atoms with Crippen molar-refractivity contribution in [2.75, 3.05) is 0 Å². The van der Waals surface area contributed by atoms with Gasteiger partial charge in [0, 0.05) is 0 Å². The lowest BCUT2D eigenvalue weighted by Gasteiger charge is -2.37. The van der Waals surface area contributed by atoms with Crippen LogP contribution in [0.1, 0.15) is 0 Å². The Hall–Kier alpha value is -3.47. The fourth-order valence-corrected chi connectivity index (χ4v) is 11.9. The maximum atomic E-state index is 2.53. The average Bonchev–Trinajstić information content (AvgIpc) is 2.92. The first kappa shape index (κ1) is 26.2. The Balaban J connectivity index is 2.16. The van der Waals surface area contributed by atoms with E-state index in [1.54, 1.807) is 10.4 Å². The molecule has 2 heteroatoms. The zero-order valence-corrected chi connectivity index (χ0v) is 25.5. The number of hydrogen-bond donors (Lipinski definition) is 0. The highest BCUT2D eigenvalue weighted by Crippen LogP contribution is 2.45. The normalized spacial score (nSPS) is 11.9. The van der Waals surface area contributed by atoms with E-state index in [9.17, 15) is 0 Å². The van der Waals surface area contributed by atoms with Gasteiger partial charge in [0.25, 0.3) is 0 Å². The van der Waals surface area contributed by atoms with Gasteiger partial charge in [-0.25, -0.2) is 0 Å². The van der Waals surface area contributed by atoms with Gasteiger partial charge in [-0.15, -0.1) is 0 Å². The first-order valence-corrected chi connectivity index (χ1v) is 20.6. The van der Waals surface area contributed by atoms with Crippen molar-refractivity contribution in [2.24, 2.45) is 0 Å². The molecule has 0 bridgehead atoms. The van der Waals surface area contributed by atoms with Gasteiger partial charge in [0.15, 0.2) is 0 Å². The summed E-state index contributed by atoms with van der Waals surface area (Å²) in [7, 11) is -3.67. The van der Waals surface area contributed by atoms with Crippen LogP contribution in [0.5, 0.6) is 0 Å². The van der Waals surface area contributed by atoms with Gasteiger partial charge in [-0.2, -0.15) is 0 Å². The lowest BCUT2D eigenvalue weighted by Crippen LogP contribution is -2.58. The minimum atomic E-state index is -1.83. The predicted molar refractivity (Wildman–Crippen MR) is 174 cm³/mol. The summed E-state index contributed by atoms with van der Waals surface area (Å²) in [5.41, 5.74) is 10.8. The summed E-state index contributed by atoms with van der Waals surface area (Å²) in [6, 6.07) is 44.5. The summed E-state index contributed by atoms with van der Waals surface area (Å²) in [4.78, 5) is 0. The lowest BCUT2D eigenvalue weighted by atomic mass is 9.82. The van der Waals surface area contributed by atoms with Crippen LogP contribution in [-0.4, -0.2) is 16.1 Å². The van der Waals surface area contributed by atoms with Crippen molar-refractivity contribution in [2.45, 2.75) is 39.3 Å². The molecule has 0 saturated heterocycles. The largest absolute Gasteiger partial charge is 0.0783 e. The molecule has 0 unspecified atom stereocenters. The monoisotopic (exact) mass is 526 g/mol. The molecule has 5 rings (SSSR count). The van der Waals surface area contributed by atoms with Gasteiger partial charge in [-0.3, -0.25) is 0 Å². The Labute approximate surface area is 231 Å². The number of benzene rings is 5. The Morgan fingerprint density at radius 3 is 0.711 bits per heavy atom. The molecular weight excluding hydrogens is 489 g/mol. The van der Waals surface area contributed by atoms with E-state index >= 15 is 0 Å². The van der Waals surface area contributed by atoms with Crippen LogP contribution in [0, 0.1) is 0 Å². The summed E-state index contributed by atoms with van der Waals surface area (Å²) in [5.74, 6) is 0. The van der Waals surface area contributed by atoms with Gasteiger partial charge in [-0.05, 0) is 44.5 Å². The van der Waals surface area contributed by atoms with Crippen molar-refractivity contribution >= 4 is 26.5 Å². The van der Waals surface area contributed by atoms with Crippen LogP contribution in [0.25, 0.3) is 44.5 Å². The molecule has 0 fully saturated rings. The standard InChI is InChI=1S/C36H38Si2/c1-37(2,3)35-33(29-23-15-9-16-24-29)31(27-19-11-7-12-20-27)32(28-21-13-8-14-22-28)34(36(35)38(4,5)6)30-25-17-10-18-26-30/h7-26H,1-6H3. The number of hydrogen-bond acceptors (Lipinski definition) is 0. The fraction of sp³-hybridized carbons (Fsp3) is 0.167. The second kappa shape index (κ2) is 10.4. The highest BCUT2D eigenvalue weighted by Gasteiger charge is 2.37. The molecule has 190 valence electrons. The summed E-state index contributed by atoms with van der Waals surface area (Å²) in [5, 5.41) is 3.25. The van der Waals surface area contributed by atoms with E-state index in [1.807, 2.05) is 0 Å². The Bertz CT molecular complexity index is 1400. The van der Waals surface area contributed by atoms with Gasteiger partial charge in [-0.1, -0.05) is 171 Å². The maximum Gasteiger partial charge on any atom is 0.0783 e. The molecule has 0 aliphatic rings. The Kier molecular flexibility index (Phi) is 7.13. The molecule has 5 aromatic carbocycles. The summed E-state index contributed by atoms with van der Waals surface area (Å²) in [6.07, 6.45) is 0. The molecule has 0 aliphatic heterocycles. The third kappa shape index (κ3) is 4.99. The highest BCUT2D eigenvalue weighted by molar-refractivity contribution is 7.00. The van der Waals surface area contributed by atoms with Gasteiger partial charge in [0.05, 0.1) is 16.1 Å². The van der Waals surface area contributed by atoms with Gasteiger partial charge >= 0.3 is 0 Å². The third-order valence-corrected chi connectivity index (χ3v) is 11.5. The van der Waals surface area contributed by atoms with Crippen molar-refractivity contribution in [3.63, 3.8) is 0 Å². The van der Waals surface area contributed by atoms with Crippen molar-refractivity contribution < 1.29 is 0 Å². The van der Waals surface area contributed by atoms with Crippen LogP contribution in [0.4, 0.5) is 0 Å². The molecule has 38 heavy (non-hydrogen) atoms. The molecule has 0 spiro atoms. The summed E-state index contributed by atoms with van der Waals surface area (Å²) in [6.45, 7) is 15.2. The molecule has 0 N–H and O–H groups in total. The van der Waals surface area contributed by atoms with E-state index in [0.717, 1.165) is 0 Å². The first-order valence-electron chi connectivity index (χ1n) is 13.6. The molecule has 0 radical (unpaired) electrons. The fourth-order valence-electron chi connectivity index (χ4n) is 5.82. The van der Waals surface area contributed by atoms with E-state index in [4.69, 9.17) is 0 Å². The molecule has 0 atom stereocenters. The first-order chi connectivity index (χ1) is 18.2. The summed E-state index contributed by atoms with van der Waals surface area (Å²) >= 11 is 0. The van der Waals surface area contributed by atoms with Crippen LogP contribution in [0.15, 0.2) is 121 Å². The Morgan fingerprint density at radius 1 is 0.289 bits per heavy atom. The van der Waals surface area contributed by atoms with Crippen molar-refractivity contribution in [3.8, 4) is 44.5 Å². The van der Waals surface area contributed by atoms with E-state index < -0.39 is 16.1 Å². The predicted octanol–water partition coefficient (Wildman–Crippen LogP) is 9.45. The Morgan fingerprint density at radius 2 is 0.500 bits per heavy atom. The zero-order valence-electron chi connectivity index (χ0n) is 23.5. The van der Waals surface area contributed by atoms with E-state index in [-0.39, 0.29) is 0 Å². The molecule has 5 aromatic rings. The lowest BCUT2D eigenvalue weighted by molar-refractivity contribution is 1.55. The molecule has 0 nitrogen and oxygen atoms in total. The second-order valence-corrected chi connectivity index (χ2v) is 22.2. The van der Waals surface area contributed by atoms with Crippen LogP contribution in [0.2, 0.25) is 39.3 Å². The molecule has 0 heterocycles. The molecule has 0 saturated carbocycles. The highest BCUT2D eigenvalue weighted by atomic mass is 28.3. The van der Waals surface area contributed by atoms with Crippen LogP contribution < -0.4 is 10.4 Å². The van der Waals surface area contributed by atoms with Gasteiger partial charge < -0.3 is 0 Å². The van der Waals surface area contributed by atoms with E-state index in [0.29, 0.717) is 0 Å². The van der Waals surface area contributed by atoms with Crippen LogP contribution in [0.3, 0.4) is 0 Å². The van der Waals surface area contributed by atoms with Crippen LogP contribution >= 0.6 is 0 Å². The van der Waals surface area contributed by atoms with Crippen molar-refractivity contribution in [1.82, 2.24) is 0 Å². The smallest absolute Gasteiger partial charge is 0.0656 e. The van der Waals surface area contributed by atoms with Crippen molar-refractivity contribution in [1.29, 1.82) is 0 Å². The molecule has 0 aromatic heterocycles. The average molecular weight is 527 g/mol. The topological polar surface area (TPSA) is 0 Å². The van der Waals surface area contributed by atoms with Gasteiger partial charge in [0.1, 0.15) is 0 Å². The molecule has 0 amide bonds. The van der Waals surface area contributed by atoms with E-state index in [1.165, 1.54) is 44.5 Å². The SMILES string of the molecule is C[Si](C)(C)c1c(-c2ccccc2)c(-c2ccccc2)c(-c2ccccc2)c(-c2ccccc2)c1[Si](C)(C)C. The zero-order chi connectivity index (χ0) is 26.9. The van der Waals surface area contributed by atoms with E-state index in [2.05, 4.69) is 161 Å². The molecule has 0 aliphatic carbocycles. The summed E-state index contributed by atoms with van der Waals surface area (Å²) < 4.78 is 0. The van der Waals surface area contributed by atoms with Crippen molar-refractivity contribution in [3.05, 3.63) is 121 Å². The minimum absolute atomic E-state index is 1.28. The number of rotatable bonds is 6. The molecular formula is C36H38Si2. The maximum absolute atomic E-state index is 2.53. The second-order valence-electron chi connectivity index (χ2n) is 12.2. The quantitative estimate of drug-likeness (QED) is 0.193. The third-order valence-electron chi connectivity index (χ3n) is 7.25. The van der Waals surface area contributed by atoms with Crippen LogP contribution in [-0.2, 0) is 0 Å².